The molecule has 7 nitrogen and oxygen atoms in total. The van der Waals surface area contributed by atoms with Crippen molar-refractivity contribution in [2.75, 3.05) is 13.6 Å². The number of hydrogen-bond acceptors (Lipinski definition) is 5. The van der Waals surface area contributed by atoms with E-state index >= 15 is 0 Å². The maximum absolute atomic E-state index is 12.1. The van der Waals surface area contributed by atoms with E-state index in [2.05, 4.69) is 16.0 Å². The first-order valence-corrected chi connectivity index (χ1v) is 9.58. The monoisotopic (exact) mass is 405 g/mol. The zero-order chi connectivity index (χ0) is 21.9. The predicted molar refractivity (Wildman–Crippen MR) is 119 cm³/mol. The van der Waals surface area contributed by atoms with Crippen LogP contribution < -0.4 is 16.6 Å². The molecule has 0 fully saturated rings. The quantitative estimate of drug-likeness (QED) is 0.523. The fraction of sp³-hybridized carbons (Fsp3) is 0.217. The second-order valence-corrected chi connectivity index (χ2v) is 6.70. The van der Waals surface area contributed by atoms with Crippen molar-refractivity contribution in [3.8, 4) is 0 Å². The van der Waals surface area contributed by atoms with Gasteiger partial charge in [-0.15, -0.1) is 0 Å². The zero-order valence-electron chi connectivity index (χ0n) is 17.3. The van der Waals surface area contributed by atoms with E-state index in [-0.39, 0.29) is 18.0 Å². The van der Waals surface area contributed by atoms with E-state index in [9.17, 15) is 9.59 Å². The maximum atomic E-state index is 12.1. The molecule has 30 heavy (non-hydrogen) atoms. The molecule has 0 bridgehead atoms. The molecule has 3 rings (SSSR count). The Balaban J connectivity index is 0.00000155. The number of nitrogens with two attached hydrogens (primary N) is 1. The molecule has 1 amide bonds. The van der Waals surface area contributed by atoms with Gasteiger partial charge in [0.15, 0.2) is 0 Å². The van der Waals surface area contributed by atoms with Crippen LogP contribution in [0.3, 0.4) is 0 Å². The Kier molecular flexibility index (Phi) is 8.65. The summed E-state index contributed by atoms with van der Waals surface area (Å²) in [5.74, 6) is -0.232. The van der Waals surface area contributed by atoms with Gasteiger partial charge in [0.25, 0.3) is 11.5 Å². The minimum absolute atomic E-state index is 0.0223. The lowest BCUT2D eigenvalue weighted by Crippen LogP contribution is -2.28. The number of aromatic nitrogens is 2. The fourth-order valence-electron chi connectivity index (χ4n) is 2.81. The van der Waals surface area contributed by atoms with Crippen LogP contribution in [0.5, 0.6) is 0 Å². The number of hydrogen-bond donors (Lipinski definition) is 3. The Labute approximate surface area is 176 Å². The van der Waals surface area contributed by atoms with Gasteiger partial charge in [0.05, 0.1) is 18.7 Å². The second-order valence-electron chi connectivity index (χ2n) is 6.70. The Morgan fingerprint density at radius 1 is 1.07 bits per heavy atom. The molecule has 3 aromatic rings. The van der Waals surface area contributed by atoms with Crippen molar-refractivity contribution in [3.05, 3.63) is 99.7 Å². The van der Waals surface area contributed by atoms with Gasteiger partial charge >= 0.3 is 0 Å². The normalized spacial score (nSPS) is 9.97. The molecule has 2 heterocycles. The van der Waals surface area contributed by atoms with Crippen LogP contribution in [0.1, 0.15) is 34.0 Å². The zero-order valence-corrected chi connectivity index (χ0v) is 17.3. The first-order valence-electron chi connectivity index (χ1n) is 9.58. The van der Waals surface area contributed by atoms with E-state index in [1.54, 1.807) is 36.0 Å². The van der Waals surface area contributed by atoms with E-state index < -0.39 is 0 Å². The van der Waals surface area contributed by atoms with E-state index in [1.807, 2.05) is 36.4 Å². The highest BCUT2D eigenvalue weighted by atomic mass is 16.1. The highest BCUT2D eigenvalue weighted by molar-refractivity contribution is 5.96. The van der Waals surface area contributed by atoms with Gasteiger partial charge in [-0.05, 0) is 49.2 Å². The average Bonchev–Trinajstić information content (AvgIpc) is 2.76. The maximum Gasteiger partial charge on any atom is 0.253 e. The molecule has 0 unspecified atom stereocenters. The Morgan fingerprint density at radius 3 is 2.43 bits per heavy atom. The van der Waals surface area contributed by atoms with Crippen LogP contribution in [0, 0.1) is 5.41 Å². The van der Waals surface area contributed by atoms with Crippen molar-refractivity contribution in [2.45, 2.75) is 19.9 Å². The summed E-state index contributed by atoms with van der Waals surface area (Å²) < 4.78 is 1.66. The van der Waals surface area contributed by atoms with Crippen molar-refractivity contribution in [1.82, 2.24) is 14.9 Å². The SMILES string of the molecule is CC(=N)CNC(=O)c1cncc(Cc2ccc(Cn3ccccc3=O)cc2)c1.CN. The fourth-order valence-corrected chi connectivity index (χ4v) is 2.81. The van der Waals surface area contributed by atoms with Crippen LogP contribution in [0.4, 0.5) is 0 Å². The molecule has 0 saturated carbocycles. The van der Waals surface area contributed by atoms with Gasteiger partial charge in [-0.1, -0.05) is 30.3 Å². The third kappa shape index (κ3) is 6.79. The van der Waals surface area contributed by atoms with Crippen LogP contribution in [0.2, 0.25) is 0 Å². The third-order valence-electron chi connectivity index (χ3n) is 4.25. The first kappa shape index (κ1) is 22.7. The van der Waals surface area contributed by atoms with E-state index in [1.165, 1.54) is 13.2 Å². The molecule has 2 aromatic heterocycles. The van der Waals surface area contributed by atoms with Crippen LogP contribution in [0.15, 0.2) is 71.9 Å². The molecule has 1 aromatic carbocycles. The smallest absolute Gasteiger partial charge is 0.253 e. The number of carbonyl (C=O) groups excluding carboxylic acids is 1. The lowest BCUT2D eigenvalue weighted by Gasteiger charge is -2.08. The molecular formula is C23H27N5O2. The highest BCUT2D eigenvalue weighted by Crippen LogP contribution is 2.12. The summed E-state index contributed by atoms with van der Waals surface area (Å²) in [6, 6.07) is 15.0. The van der Waals surface area contributed by atoms with Gasteiger partial charge < -0.3 is 21.0 Å². The lowest BCUT2D eigenvalue weighted by atomic mass is 10.0. The van der Waals surface area contributed by atoms with Crippen molar-refractivity contribution in [3.63, 3.8) is 0 Å². The topological polar surface area (TPSA) is 114 Å². The van der Waals surface area contributed by atoms with Gasteiger partial charge in [-0.3, -0.25) is 14.6 Å². The molecule has 156 valence electrons. The Bertz CT molecular complexity index is 1040. The molecule has 0 saturated heterocycles. The Hall–Kier alpha value is -3.58. The molecule has 0 aliphatic heterocycles. The first-order chi connectivity index (χ1) is 14.5. The van der Waals surface area contributed by atoms with Crippen molar-refractivity contribution in [2.24, 2.45) is 5.73 Å². The van der Waals surface area contributed by atoms with E-state index in [0.717, 1.165) is 16.7 Å². The van der Waals surface area contributed by atoms with Crippen LogP contribution in [0.25, 0.3) is 0 Å². The number of benzene rings is 1. The van der Waals surface area contributed by atoms with E-state index in [4.69, 9.17) is 5.41 Å². The largest absolute Gasteiger partial charge is 0.347 e. The number of amides is 1. The lowest BCUT2D eigenvalue weighted by molar-refractivity contribution is 0.0958. The van der Waals surface area contributed by atoms with E-state index in [0.29, 0.717) is 24.2 Å². The molecule has 0 aliphatic rings. The molecular weight excluding hydrogens is 378 g/mol. The van der Waals surface area contributed by atoms with Gasteiger partial charge in [-0.25, -0.2) is 0 Å². The summed E-state index contributed by atoms with van der Waals surface area (Å²) in [6.07, 6.45) is 5.70. The molecule has 0 aliphatic carbocycles. The number of carbonyl (C=O) groups is 1. The Morgan fingerprint density at radius 2 is 1.77 bits per heavy atom. The molecule has 0 spiro atoms. The second kappa shape index (κ2) is 11.4. The number of rotatable bonds is 7. The minimum Gasteiger partial charge on any atom is -0.347 e. The molecule has 0 atom stereocenters. The summed E-state index contributed by atoms with van der Waals surface area (Å²) in [6.45, 7) is 2.41. The van der Waals surface area contributed by atoms with Crippen LogP contribution >= 0.6 is 0 Å². The number of nitrogens with zero attached hydrogens (tertiary/aromatic N) is 2. The van der Waals surface area contributed by atoms with Crippen molar-refractivity contribution >= 4 is 11.6 Å². The summed E-state index contributed by atoms with van der Waals surface area (Å²) in [7, 11) is 1.50. The van der Waals surface area contributed by atoms with Gasteiger partial charge in [0.1, 0.15) is 0 Å². The average molecular weight is 406 g/mol. The highest BCUT2D eigenvalue weighted by Gasteiger charge is 2.07. The summed E-state index contributed by atoms with van der Waals surface area (Å²) >= 11 is 0. The predicted octanol–water partition coefficient (Wildman–Crippen LogP) is 2.23. The van der Waals surface area contributed by atoms with Crippen molar-refractivity contribution in [1.29, 1.82) is 5.41 Å². The van der Waals surface area contributed by atoms with Gasteiger partial charge in [-0.2, -0.15) is 0 Å². The van der Waals surface area contributed by atoms with Gasteiger partial charge in [0, 0.05) is 30.4 Å². The molecule has 0 radical (unpaired) electrons. The van der Waals surface area contributed by atoms with Gasteiger partial charge in [0.2, 0.25) is 0 Å². The van der Waals surface area contributed by atoms with Crippen molar-refractivity contribution < 1.29 is 4.79 Å². The third-order valence-corrected chi connectivity index (χ3v) is 4.25. The minimum atomic E-state index is -0.232. The molecule has 4 N–H and O–H groups in total. The van der Waals surface area contributed by atoms with Crippen LogP contribution in [-0.4, -0.2) is 34.8 Å². The summed E-state index contributed by atoms with van der Waals surface area (Å²) in [5.41, 5.74) is 8.44. The standard InChI is InChI=1S/C22H22N4O2.CH5N/c1-16(23)12-25-22(28)20-11-19(13-24-14-20)10-17-5-7-18(8-6-17)15-26-9-3-2-4-21(26)27;1-2/h2-9,11,13-14,23H,10,12,15H2,1H3,(H,25,28);2H2,1H3. The summed E-state index contributed by atoms with van der Waals surface area (Å²) in [4.78, 5) is 28.1. The van der Waals surface area contributed by atoms with Crippen LogP contribution in [-0.2, 0) is 13.0 Å². The summed E-state index contributed by atoms with van der Waals surface area (Å²) in [5, 5.41) is 10.1. The number of nitrogens with one attached hydrogen (secondary N) is 2. The number of pyridine rings is 2. The molecule has 7 heteroatoms.